The molecular formula is C12H19N3O3S. The fraction of sp³-hybridized carbons (Fsp3) is 0.417. The van der Waals surface area contributed by atoms with Crippen molar-refractivity contribution in [2.75, 3.05) is 25.6 Å². The van der Waals surface area contributed by atoms with E-state index in [-0.39, 0.29) is 18.2 Å². The highest BCUT2D eigenvalue weighted by atomic mass is 32.2. The molecule has 3 N–H and O–H groups in total. The number of hydrazine groups is 1. The van der Waals surface area contributed by atoms with E-state index in [1.807, 2.05) is 12.1 Å². The standard InChI is InChI=1S/C12H19N3O3S/c1-13-15-9-10-3-5-11(6-4-10)12(16)14-7-8-19(2,17)18/h3-6,13,15H,7-9H2,1-2H3,(H,14,16). The average molecular weight is 285 g/mol. The van der Waals surface area contributed by atoms with Gasteiger partial charge in [0, 0.05) is 24.9 Å². The Balaban J connectivity index is 2.49. The van der Waals surface area contributed by atoms with Crippen LogP contribution in [-0.4, -0.2) is 39.9 Å². The van der Waals surface area contributed by atoms with E-state index in [1.54, 1.807) is 19.2 Å². The van der Waals surface area contributed by atoms with Crippen LogP contribution < -0.4 is 16.2 Å². The van der Waals surface area contributed by atoms with Crippen LogP contribution in [-0.2, 0) is 16.4 Å². The van der Waals surface area contributed by atoms with Crippen molar-refractivity contribution in [2.45, 2.75) is 6.54 Å². The first-order valence-electron chi connectivity index (χ1n) is 5.87. The summed E-state index contributed by atoms with van der Waals surface area (Å²) in [4.78, 5) is 11.7. The summed E-state index contributed by atoms with van der Waals surface area (Å²) in [7, 11) is -1.27. The SMILES string of the molecule is CNNCc1ccc(C(=O)NCCS(C)(=O)=O)cc1. The van der Waals surface area contributed by atoms with E-state index >= 15 is 0 Å². The van der Waals surface area contributed by atoms with Crippen LogP contribution in [0.15, 0.2) is 24.3 Å². The van der Waals surface area contributed by atoms with Crippen molar-refractivity contribution >= 4 is 15.7 Å². The second-order valence-electron chi connectivity index (χ2n) is 4.19. The van der Waals surface area contributed by atoms with Crippen molar-refractivity contribution in [1.29, 1.82) is 0 Å². The Bertz CT molecular complexity index is 512. The fourth-order valence-electron chi connectivity index (χ4n) is 1.42. The van der Waals surface area contributed by atoms with Gasteiger partial charge in [-0.25, -0.2) is 8.42 Å². The zero-order valence-corrected chi connectivity index (χ0v) is 11.9. The van der Waals surface area contributed by atoms with Crippen LogP contribution in [0.2, 0.25) is 0 Å². The minimum atomic E-state index is -3.05. The smallest absolute Gasteiger partial charge is 0.251 e. The van der Waals surface area contributed by atoms with Gasteiger partial charge in [-0.15, -0.1) is 0 Å². The van der Waals surface area contributed by atoms with E-state index < -0.39 is 9.84 Å². The quantitative estimate of drug-likeness (QED) is 0.598. The molecule has 0 saturated heterocycles. The largest absolute Gasteiger partial charge is 0.351 e. The van der Waals surface area contributed by atoms with E-state index in [4.69, 9.17) is 0 Å². The van der Waals surface area contributed by atoms with Gasteiger partial charge in [0.05, 0.1) is 5.75 Å². The monoisotopic (exact) mass is 285 g/mol. The Kier molecular flexibility index (Phi) is 5.94. The molecular weight excluding hydrogens is 266 g/mol. The lowest BCUT2D eigenvalue weighted by atomic mass is 10.1. The van der Waals surface area contributed by atoms with Crippen molar-refractivity contribution < 1.29 is 13.2 Å². The summed E-state index contributed by atoms with van der Waals surface area (Å²) in [6.45, 7) is 0.785. The molecule has 6 nitrogen and oxygen atoms in total. The highest BCUT2D eigenvalue weighted by Crippen LogP contribution is 2.04. The van der Waals surface area contributed by atoms with Gasteiger partial charge in [0.2, 0.25) is 0 Å². The third kappa shape index (κ3) is 6.32. The number of carbonyl (C=O) groups is 1. The molecule has 0 fully saturated rings. The predicted octanol–water partition coefficient (Wildman–Crippen LogP) is -0.315. The predicted molar refractivity (Wildman–Crippen MR) is 74.4 cm³/mol. The van der Waals surface area contributed by atoms with E-state index in [9.17, 15) is 13.2 Å². The molecule has 0 aliphatic heterocycles. The molecule has 1 aromatic rings. The summed E-state index contributed by atoms with van der Waals surface area (Å²) in [6.07, 6.45) is 1.14. The molecule has 1 amide bonds. The highest BCUT2D eigenvalue weighted by molar-refractivity contribution is 7.90. The van der Waals surface area contributed by atoms with Gasteiger partial charge in [-0.1, -0.05) is 12.1 Å². The molecule has 1 rings (SSSR count). The van der Waals surface area contributed by atoms with Gasteiger partial charge in [0.15, 0.2) is 0 Å². The molecule has 1 aromatic carbocycles. The van der Waals surface area contributed by atoms with Crippen LogP contribution in [0.1, 0.15) is 15.9 Å². The van der Waals surface area contributed by atoms with Crippen LogP contribution >= 0.6 is 0 Å². The molecule has 106 valence electrons. The molecule has 0 aliphatic rings. The maximum Gasteiger partial charge on any atom is 0.251 e. The van der Waals surface area contributed by atoms with E-state index in [0.717, 1.165) is 11.8 Å². The molecule has 0 aliphatic carbocycles. The zero-order valence-electron chi connectivity index (χ0n) is 11.1. The third-order valence-corrected chi connectivity index (χ3v) is 3.39. The first-order valence-corrected chi connectivity index (χ1v) is 7.93. The van der Waals surface area contributed by atoms with Crippen molar-refractivity contribution in [1.82, 2.24) is 16.2 Å². The van der Waals surface area contributed by atoms with Gasteiger partial charge in [0.1, 0.15) is 9.84 Å². The molecule has 0 unspecified atom stereocenters. The van der Waals surface area contributed by atoms with Crippen LogP contribution in [0.25, 0.3) is 0 Å². The zero-order chi connectivity index (χ0) is 14.3. The maximum atomic E-state index is 11.7. The van der Waals surface area contributed by atoms with Crippen molar-refractivity contribution in [3.63, 3.8) is 0 Å². The van der Waals surface area contributed by atoms with Gasteiger partial charge >= 0.3 is 0 Å². The Labute approximate surface area is 113 Å². The molecule has 0 aromatic heterocycles. The Morgan fingerprint density at radius 1 is 1.21 bits per heavy atom. The normalized spacial score (nSPS) is 11.3. The van der Waals surface area contributed by atoms with Gasteiger partial charge < -0.3 is 5.32 Å². The number of amides is 1. The Hall–Kier alpha value is -1.44. The molecule has 7 heteroatoms. The van der Waals surface area contributed by atoms with Crippen molar-refractivity contribution in [3.05, 3.63) is 35.4 Å². The number of hydrogen-bond donors (Lipinski definition) is 3. The topological polar surface area (TPSA) is 87.3 Å². The maximum absolute atomic E-state index is 11.7. The minimum Gasteiger partial charge on any atom is -0.351 e. The summed E-state index contributed by atoms with van der Waals surface area (Å²) in [5.74, 6) is -0.320. The van der Waals surface area contributed by atoms with Gasteiger partial charge in [-0.2, -0.15) is 0 Å². The van der Waals surface area contributed by atoms with E-state index in [1.165, 1.54) is 0 Å². The molecule has 0 saturated carbocycles. The molecule has 0 spiro atoms. The first-order chi connectivity index (χ1) is 8.92. The lowest BCUT2D eigenvalue weighted by Crippen LogP contribution is -2.29. The Morgan fingerprint density at radius 2 is 1.84 bits per heavy atom. The number of nitrogens with one attached hydrogen (secondary N) is 3. The highest BCUT2D eigenvalue weighted by Gasteiger charge is 2.07. The molecule has 0 bridgehead atoms. The average Bonchev–Trinajstić information content (AvgIpc) is 2.35. The number of rotatable bonds is 7. The van der Waals surface area contributed by atoms with Crippen molar-refractivity contribution in [2.24, 2.45) is 0 Å². The number of hydrogen-bond acceptors (Lipinski definition) is 5. The molecule has 19 heavy (non-hydrogen) atoms. The summed E-state index contributed by atoms with van der Waals surface area (Å²) < 4.78 is 21.9. The van der Waals surface area contributed by atoms with Gasteiger partial charge in [0.25, 0.3) is 5.91 Å². The fourth-order valence-corrected chi connectivity index (χ4v) is 1.89. The van der Waals surface area contributed by atoms with Crippen LogP contribution in [0.5, 0.6) is 0 Å². The van der Waals surface area contributed by atoms with Gasteiger partial charge in [-0.05, 0) is 24.7 Å². The summed E-state index contributed by atoms with van der Waals surface area (Å²) >= 11 is 0. The van der Waals surface area contributed by atoms with E-state index in [0.29, 0.717) is 12.1 Å². The third-order valence-electron chi connectivity index (χ3n) is 2.44. The Morgan fingerprint density at radius 3 is 2.37 bits per heavy atom. The lowest BCUT2D eigenvalue weighted by molar-refractivity contribution is 0.0956. The minimum absolute atomic E-state index is 0.0527. The van der Waals surface area contributed by atoms with Gasteiger partial charge in [-0.3, -0.25) is 15.6 Å². The summed E-state index contributed by atoms with van der Waals surface area (Å²) in [6, 6.07) is 7.11. The first kappa shape index (κ1) is 15.6. The summed E-state index contributed by atoms with van der Waals surface area (Å²) in [5, 5.41) is 2.57. The lowest BCUT2D eigenvalue weighted by Gasteiger charge is -2.06. The van der Waals surface area contributed by atoms with Crippen LogP contribution in [0.3, 0.4) is 0 Å². The van der Waals surface area contributed by atoms with E-state index in [2.05, 4.69) is 16.2 Å². The second-order valence-corrected chi connectivity index (χ2v) is 6.45. The molecule has 0 atom stereocenters. The molecule has 0 radical (unpaired) electrons. The number of sulfone groups is 1. The second kappa shape index (κ2) is 7.22. The van der Waals surface area contributed by atoms with Crippen LogP contribution in [0, 0.1) is 0 Å². The number of benzene rings is 1. The van der Waals surface area contributed by atoms with Crippen LogP contribution in [0.4, 0.5) is 0 Å². The van der Waals surface area contributed by atoms with Crippen molar-refractivity contribution in [3.8, 4) is 0 Å². The molecule has 0 heterocycles. The summed E-state index contributed by atoms with van der Waals surface area (Å²) in [5.41, 5.74) is 7.32. The number of carbonyl (C=O) groups excluding carboxylic acids is 1.